The fraction of sp³-hybridized carbons (Fsp3) is 0.438. The lowest BCUT2D eigenvalue weighted by atomic mass is 9.96. The Labute approximate surface area is 113 Å². The number of rotatable bonds is 3. The zero-order valence-corrected chi connectivity index (χ0v) is 11.4. The fourth-order valence-corrected chi connectivity index (χ4v) is 2.98. The van der Waals surface area contributed by atoms with E-state index in [1.165, 1.54) is 31.2 Å². The molecule has 3 nitrogen and oxygen atoms in total. The molecule has 1 aromatic heterocycles. The van der Waals surface area contributed by atoms with Crippen molar-refractivity contribution in [2.45, 2.75) is 39.0 Å². The largest absolute Gasteiger partial charge is 0.380 e. The number of anilines is 1. The van der Waals surface area contributed by atoms with Crippen molar-refractivity contribution in [2.75, 3.05) is 5.73 Å². The minimum Gasteiger partial charge on any atom is -0.380 e. The van der Waals surface area contributed by atoms with Gasteiger partial charge in [0.25, 0.3) is 0 Å². The molecule has 1 aliphatic rings. The summed E-state index contributed by atoms with van der Waals surface area (Å²) in [5.74, 6) is 2.20. The Morgan fingerprint density at radius 1 is 1.21 bits per heavy atom. The third-order valence-electron chi connectivity index (χ3n) is 4.08. The maximum absolute atomic E-state index is 5.98. The van der Waals surface area contributed by atoms with E-state index in [-0.39, 0.29) is 0 Å². The lowest BCUT2D eigenvalue weighted by Crippen LogP contribution is -1.99. The highest BCUT2D eigenvalue weighted by molar-refractivity contribution is 5.75. The summed E-state index contributed by atoms with van der Waals surface area (Å²) in [7, 11) is 0. The van der Waals surface area contributed by atoms with Crippen molar-refractivity contribution in [3.63, 3.8) is 0 Å². The van der Waals surface area contributed by atoms with E-state index in [0.29, 0.717) is 5.82 Å². The molecule has 100 valence electrons. The highest BCUT2D eigenvalue weighted by Crippen LogP contribution is 2.35. The number of nitrogens with two attached hydrogens (primary N) is 1. The molecule has 0 aliphatic heterocycles. The molecule has 0 spiro atoms. The average Bonchev–Trinajstić information content (AvgIpc) is 3.02. The maximum atomic E-state index is 5.98. The van der Waals surface area contributed by atoms with Crippen molar-refractivity contribution in [2.24, 2.45) is 5.92 Å². The van der Waals surface area contributed by atoms with Crippen molar-refractivity contribution in [3.05, 3.63) is 35.6 Å². The van der Waals surface area contributed by atoms with Crippen LogP contribution in [0.5, 0.6) is 0 Å². The van der Waals surface area contributed by atoms with Gasteiger partial charge >= 0.3 is 0 Å². The molecule has 0 amide bonds. The molecule has 0 atom stereocenters. The molecular formula is C16H20N2O. The van der Waals surface area contributed by atoms with Gasteiger partial charge in [0.2, 0.25) is 0 Å². The van der Waals surface area contributed by atoms with Gasteiger partial charge in [-0.3, -0.25) is 0 Å². The first-order valence-corrected chi connectivity index (χ1v) is 7.05. The van der Waals surface area contributed by atoms with Gasteiger partial charge in [-0.1, -0.05) is 60.7 Å². The van der Waals surface area contributed by atoms with E-state index in [9.17, 15) is 0 Å². The lowest BCUT2D eigenvalue weighted by Gasteiger charge is -2.08. The predicted molar refractivity (Wildman–Crippen MR) is 76.8 cm³/mol. The van der Waals surface area contributed by atoms with Crippen molar-refractivity contribution in [1.29, 1.82) is 0 Å². The first-order valence-electron chi connectivity index (χ1n) is 7.05. The molecule has 0 radical (unpaired) electrons. The number of aromatic nitrogens is 1. The minimum atomic E-state index is 0.511. The summed E-state index contributed by atoms with van der Waals surface area (Å²) < 4.78 is 5.47. The Bertz CT molecular complexity index is 551. The molecule has 19 heavy (non-hydrogen) atoms. The van der Waals surface area contributed by atoms with E-state index in [2.05, 4.69) is 36.3 Å². The van der Waals surface area contributed by atoms with E-state index >= 15 is 0 Å². The van der Waals surface area contributed by atoms with Crippen molar-refractivity contribution >= 4 is 5.82 Å². The molecule has 0 bridgehead atoms. The third-order valence-corrected chi connectivity index (χ3v) is 4.08. The first kappa shape index (κ1) is 12.3. The summed E-state index contributed by atoms with van der Waals surface area (Å²) in [4.78, 5) is 0. The second kappa shape index (κ2) is 5.08. The number of aryl methyl sites for hydroxylation is 1. The maximum Gasteiger partial charge on any atom is 0.175 e. The zero-order valence-electron chi connectivity index (χ0n) is 11.4. The lowest BCUT2D eigenvalue weighted by molar-refractivity contribution is 0.362. The number of benzene rings is 1. The second-order valence-electron chi connectivity index (χ2n) is 5.59. The Balaban J connectivity index is 1.91. The van der Waals surface area contributed by atoms with Crippen LogP contribution in [-0.4, -0.2) is 5.16 Å². The normalized spacial score (nSPS) is 16.1. The molecule has 2 aromatic rings. The highest BCUT2D eigenvalue weighted by Gasteiger charge is 2.22. The molecule has 1 aliphatic carbocycles. The van der Waals surface area contributed by atoms with Crippen LogP contribution in [0.15, 0.2) is 28.8 Å². The van der Waals surface area contributed by atoms with Gasteiger partial charge < -0.3 is 10.3 Å². The van der Waals surface area contributed by atoms with Gasteiger partial charge in [0, 0.05) is 6.42 Å². The first-order chi connectivity index (χ1) is 9.24. The number of hydrogen-bond donors (Lipinski definition) is 1. The van der Waals surface area contributed by atoms with E-state index in [1.54, 1.807) is 0 Å². The van der Waals surface area contributed by atoms with Crippen molar-refractivity contribution in [3.8, 4) is 11.1 Å². The summed E-state index contributed by atoms with van der Waals surface area (Å²) in [6.07, 6.45) is 6.25. The van der Waals surface area contributed by atoms with Crippen LogP contribution in [0.3, 0.4) is 0 Å². The summed E-state index contributed by atoms with van der Waals surface area (Å²) in [6, 6.07) is 8.38. The molecule has 1 aromatic carbocycles. The highest BCUT2D eigenvalue weighted by atomic mass is 16.5. The van der Waals surface area contributed by atoms with Gasteiger partial charge in [0.1, 0.15) is 5.76 Å². The van der Waals surface area contributed by atoms with Gasteiger partial charge in [-0.25, -0.2) is 0 Å². The van der Waals surface area contributed by atoms with Crippen LogP contribution < -0.4 is 5.73 Å². The van der Waals surface area contributed by atoms with Crippen LogP contribution in [0.4, 0.5) is 5.82 Å². The van der Waals surface area contributed by atoms with Crippen LogP contribution in [-0.2, 0) is 6.42 Å². The van der Waals surface area contributed by atoms with Crippen LogP contribution in [0.25, 0.3) is 11.1 Å². The van der Waals surface area contributed by atoms with Crippen LogP contribution in [0.2, 0.25) is 0 Å². The molecule has 2 N–H and O–H groups in total. The van der Waals surface area contributed by atoms with Crippen LogP contribution >= 0.6 is 0 Å². The van der Waals surface area contributed by atoms with E-state index < -0.39 is 0 Å². The third kappa shape index (κ3) is 2.50. The van der Waals surface area contributed by atoms with Gasteiger partial charge in [0.05, 0.1) is 5.56 Å². The topological polar surface area (TPSA) is 52.0 Å². The molecule has 0 saturated heterocycles. The van der Waals surface area contributed by atoms with Gasteiger partial charge in [-0.05, 0) is 18.4 Å². The van der Waals surface area contributed by atoms with Gasteiger partial charge in [-0.2, -0.15) is 0 Å². The van der Waals surface area contributed by atoms with E-state index in [0.717, 1.165) is 29.2 Å². The molecule has 3 rings (SSSR count). The summed E-state index contributed by atoms with van der Waals surface area (Å²) in [5.41, 5.74) is 9.33. The van der Waals surface area contributed by atoms with Crippen LogP contribution in [0.1, 0.15) is 37.0 Å². The summed E-state index contributed by atoms with van der Waals surface area (Å²) >= 11 is 0. The second-order valence-corrected chi connectivity index (χ2v) is 5.59. The number of nitrogens with zero attached hydrogens (tertiary/aromatic N) is 1. The Morgan fingerprint density at radius 2 is 1.89 bits per heavy atom. The van der Waals surface area contributed by atoms with E-state index in [1.807, 2.05) is 0 Å². The molecule has 1 heterocycles. The number of hydrogen-bond acceptors (Lipinski definition) is 3. The standard InChI is InChI=1S/C16H20N2O/c1-11-6-8-13(9-7-11)15-14(19-18-16(15)17)10-12-4-2-3-5-12/h6-9,12H,2-5,10H2,1H3,(H2,17,18). The van der Waals surface area contributed by atoms with Crippen molar-refractivity contribution in [1.82, 2.24) is 5.16 Å². The Hall–Kier alpha value is -1.77. The SMILES string of the molecule is Cc1ccc(-c2c(N)noc2CC2CCCC2)cc1. The molecule has 1 saturated carbocycles. The minimum absolute atomic E-state index is 0.511. The van der Waals surface area contributed by atoms with Crippen LogP contribution in [0, 0.1) is 12.8 Å². The molecule has 3 heteroatoms. The quantitative estimate of drug-likeness (QED) is 0.904. The predicted octanol–water partition coefficient (Wildman–Crippen LogP) is 3.96. The smallest absolute Gasteiger partial charge is 0.175 e. The molecule has 1 fully saturated rings. The van der Waals surface area contributed by atoms with Gasteiger partial charge in [0.15, 0.2) is 5.82 Å². The monoisotopic (exact) mass is 256 g/mol. The molecule has 0 unspecified atom stereocenters. The summed E-state index contributed by atoms with van der Waals surface area (Å²) in [6.45, 7) is 2.08. The van der Waals surface area contributed by atoms with Gasteiger partial charge in [-0.15, -0.1) is 0 Å². The summed E-state index contributed by atoms with van der Waals surface area (Å²) in [5, 5.41) is 3.96. The average molecular weight is 256 g/mol. The number of nitrogen functional groups attached to an aromatic ring is 1. The fourth-order valence-electron chi connectivity index (χ4n) is 2.98. The zero-order chi connectivity index (χ0) is 13.2. The Kier molecular flexibility index (Phi) is 3.28. The van der Waals surface area contributed by atoms with E-state index in [4.69, 9.17) is 10.3 Å². The Morgan fingerprint density at radius 3 is 2.58 bits per heavy atom. The van der Waals surface area contributed by atoms with Crippen molar-refractivity contribution < 1.29 is 4.52 Å². The molecular weight excluding hydrogens is 236 g/mol.